The van der Waals surface area contributed by atoms with Crippen molar-refractivity contribution < 1.29 is 5.11 Å². The number of allylic oxidation sites excluding steroid dienone is 4. The Labute approximate surface area is 193 Å². The smallest absolute Gasteiger partial charge is 0.0594 e. The number of aliphatic hydroxyl groups is 1. The summed E-state index contributed by atoms with van der Waals surface area (Å²) in [5, 5.41) is 10.8. The molecule has 1 heteroatoms. The summed E-state index contributed by atoms with van der Waals surface area (Å²) in [7, 11) is 0. The van der Waals surface area contributed by atoms with Gasteiger partial charge in [-0.3, -0.25) is 0 Å². The van der Waals surface area contributed by atoms with E-state index in [4.69, 9.17) is 0 Å². The van der Waals surface area contributed by atoms with Crippen LogP contribution >= 0.6 is 0 Å². The molecule has 0 aromatic rings. The zero-order chi connectivity index (χ0) is 22.9. The van der Waals surface area contributed by atoms with Crippen LogP contribution in [0.1, 0.15) is 120 Å². The van der Waals surface area contributed by atoms with Crippen molar-refractivity contribution in [2.45, 2.75) is 126 Å². The van der Waals surface area contributed by atoms with Gasteiger partial charge in [-0.1, -0.05) is 64.8 Å². The molecule has 0 amide bonds. The first-order valence-corrected chi connectivity index (χ1v) is 13.3. The number of hydrogen-bond acceptors (Lipinski definition) is 1. The maximum atomic E-state index is 10.8. The molecule has 0 unspecified atom stereocenters. The van der Waals surface area contributed by atoms with Crippen LogP contribution in [0.5, 0.6) is 0 Å². The van der Waals surface area contributed by atoms with Crippen molar-refractivity contribution in [3.8, 4) is 0 Å². The average Bonchev–Trinajstić information content (AvgIpc) is 2.66. The number of fused-ring (bicyclic) bond motifs is 5. The standard InChI is InChI=1S/C30H50O/c1-21(2)10-9-15-27(5)18-19-30(8)23-11-12-24-26(3,4)25(31)14-17-29(24,7)22(23)13-16-28(30,6)20-27/h10-11,22,24-25,31H,9,12-20H2,1-8H3/t22-,24-,25-,27+,28-,29+,30+/m0/s1. The first-order valence-electron chi connectivity index (χ1n) is 13.3. The van der Waals surface area contributed by atoms with E-state index in [2.05, 4.69) is 67.5 Å². The average molecular weight is 427 g/mol. The van der Waals surface area contributed by atoms with Crippen molar-refractivity contribution in [2.75, 3.05) is 0 Å². The Morgan fingerprint density at radius 1 is 1.00 bits per heavy atom. The third-order valence-corrected chi connectivity index (χ3v) is 11.6. The fourth-order valence-corrected chi connectivity index (χ4v) is 9.23. The third kappa shape index (κ3) is 3.51. The molecule has 0 heterocycles. The second kappa shape index (κ2) is 7.48. The summed E-state index contributed by atoms with van der Waals surface area (Å²) < 4.78 is 0. The highest BCUT2D eigenvalue weighted by Gasteiger charge is 2.63. The number of rotatable bonds is 3. The Bertz CT molecular complexity index is 769. The predicted octanol–water partition coefficient (Wildman–Crippen LogP) is 8.48. The van der Waals surface area contributed by atoms with E-state index in [0.29, 0.717) is 27.6 Å². The van der Waals surface area contributed by atoms with Gasteiger partial charge in [0.1, 0.15) is 0 Å². The molecule has 0 saturated heterocycles. The monoisotopic (exact) mass is 426 g/mol. The maximum Gasteiger partial charge on any atom is 0.0594 e. The van der Waals surface area contributed by atoms with Gasteiger partial charge in [0.05, 0.1) is 6.10 Å². The molecule has 7 atom stereocenters. The van der Waals surface area contributed by atoms with Crippen LogP contribution < -0.4 is 0 Å². The van der Waals surface area contributed by atoms with Gasteiger partial charge in [0.25, 0.3) is 0 Å². The first kappa shape index (κ1) is 23.6. The van der Waals surface area contributed by atoms with E-state index in [0.717, 1.165) is 12.3 Å². The lowest BCUT2D eigenvalue weighted by molar-refractivity contribution is -0.141. The van der Waals surface area contributed by atoms with Gasteiger partial charge < -0.3 is 5.11 Å². The molecule has 176 valence electrons. The van der Waals surface area contributed by atoms with Gasteiger partial charge in [-0.2, -0.15) is 0 Å². The molecule has 0 radical (unpaired) electrons. The topological polar surface area (TPSA) is 20.2 Å². The molecule has 3 saturated carbocycles. The normalized spacial score (nSPS) is 48.7. The molecule has 0 spiro atoms. The number of aliphatic hydroxyl groups excluding tert-OH is 1. The summed E-state index contributed by atoms with van der Waals surface area (Å²) in [6.07, 6.45) is 17.8. The van der Waals surface area contributed by atoms with E-state index in [9.17, 15) is 5.11 Å². The van der Waals surface area contributed by atoms with E-state index >= 15 is 0 Å². The van der Waals surface area contributed by atoms with Crippen LogP contribution in [0, 0.1) is 38.9 Å². The summed E-state index contributed by atoms with van der Waals surface area (Å²) in [4.78, 5) is 0. The lowest BCUT2D eigenvalue weighted by Crippen LogP contribution is -2.59. The van der Waals surface area contributed by atoms with Crippen LogP contribution in [0.25, 0.3) is 0 Å². The SMILES string of the molecule is CC(C)=CCC[C@]1(C)CC[C@]2(C)C3=CC[C@H]4C(C)(C)[C@@H](O)CC[C@]4(C)[C@H]3CC[C@@]2(C)C1. The van der Waals surface area contributed by atoms with Crippen LogP contribution in [0.3, 0.4) is 0 Å². The van der Waals surface area contributed by atoms with E-state index in [1.165, 1.54) is 63.4 Å². The van der Waals surface area contributed by atoms with Gasteiger partial charge >= 0.3 is 0 Å². The molecule has 3 fully saturated rings. The highest BCUT2D eigenvalue weighted by Crippen LogP contribution is 2.72. The third-order valence-electron chi connectivity index (χ3n) is 11.6. The lowest BCUT2D eigenvalue weighted by Gasteiger charge is -2.67. The van der Waals surface area contributed by atoms with Crippen molar-refractivity contribution in [2.24, 2.45) is 38.9 Å². The second-order valence-corrected chi connectivity index (χ2v) is 14.1. The first-order chi connectivity index (χ1) is 14.3. The fourth-order valence-electron chi connectivity index (χ4n) is 9.23. The van der Waals surface area contributed by atoms with Crippen LogP contribution in [0.4, 0.5) is 0 Å². The van der Waals surface area contributed by atoms with Crippen molar-refractivity contribution in [1.82, 2.24) is 0 Å². The Morgan fingerprint density at radius 2 is 1.71 bits per heavy atom. The summed E-state index contributed by atoms with van der Waals surface area (Å²) in [5.41, 5.74) is 4.98. The largest absolute Gasteiger partial charge is 0.393 e. The van der Waals surface area contributed by atoms with Crippen LogP contribution in [-0.2, 0) is 0 Å². The highest BCUT2D eigenvalue weighted by molar-refractivity contribution is 5.32. The molecule has 1 N–H and O–H groups in total. The molecule has 0 bridgehead atoms. The van der Waals surface area contributed by atoms with Crippen LogP contribution in [-0.4, -0.2) is 11.2 Å². The van der Waals surface area contributed by atoms with Crippen molar-refractivity contribution in [3.63, 3.8) is 0 Å². The molecule has 0 aromatic heterocycles. The molecule has 1 nitrogen and oxygen atoms in total. The molecular formula is C30H50O. The van der Waals surface area contributed by atoms with E-state index in [1.807, 2.05) is 5.57 Å². The van der Waals surface area contributed by atoms with Gasteiger partial charge in [-0.05, 0) is 117 Å². The van der Waals surface area contributed by atoms with Crippen LogP contribution in [0.15, 0.2) is 23.3 Å². The fraction of sp³-hybridized carbons (Fsp3) is 0.867. The number of hydrogen-bond donors (Lipinski definition) is 1. The Morgan fingerprint density at radius 3 is 2.39 bits per heavy atom. The van der Waals surface area contributed by atoms with Crippen molar-refractivity contribution in [1.29, 1.82) is 0 Å². The Hall–Kier alpha value is -0.560. The maximum absolute atomic E-state index is 10.8. The van der Waals surface area contributed by atoms with Gasteiger partial charge in [-0.25, -0.2) is 0 Å². The molecule has 0 aromatic carbocycles. The van der Waals surface area contributed by atoms with Gasteiger partial charge in [0.2, 0.25) is 0 Å². The second-order valence-electron chi connectivity index (χ2n) is 14.1. The van der Waals surface area contributed by atoms with Crippen LogP contribution in [0.2, 0.25) is 0 Å². The summed E-state index contributed by atoms with van der Waals surface area (Å²) >= 11 is 0. The van der Waals surface area contributed by atoms with Crippen molar-refractivity contribution >= 4 is 0 Å². The molecule has 0 aliphatic heterocycles. The molecule has 31 heavy (non-hydrogen) atoms. The van der Waals surface area contributed by atoms with Gasteiger partial charge in [0, 0.05) is 0 Å². The minimum atomic E-state index is -0.138. The quantitative estimate of drug-likeness (QED) is 0.449. The van der Waals surface area contributed by atoms with Gasteiger partial charge in [0.15, 0.2) is 0 Å². The van der Waals surface area contributed by atoms with E-state index in [1.54, 1.807) is 0 Å². The minimum Gasteiger partial charge on any atom is -0.393 e. The zero-order valence-corrected chi connectivity index (χ0v) is 21.9. The Kier molecular flexibility index (Phi) is 5.69. The highest BCUT2D eigenvalue weighted by atomic mass is 16.3. The van der Waals surface area contributed by atoms with E-state index in [-0.39, 0.29) is 11.5 Å². The van der Waals surface area contributed by atoms with E-state index < -0.39 is 0 Å². The van der Waals surface area contributed by atoms with Crippen molar-refractivity contribution in [3.05, 3.63) is 23.3 Å². The Balaban J connectivity index is 1.63. The molecular weight excluding hydrogens is 376 g/mol. The summed E-state index contributed by atoms with van der Waals surface area (Å²) in [6, 6.07) is 0. The minimum absolute atomic E-state index is 0.0345. The molecule has 4 aliphatic carbocycles. The zero-order valence-electron chi connectivity index (χ0n) is 21.9. The van der Waals surface area contributed by atoms with Gasteiger partial charge in [-0.15, -0.1) is 0 Å². The summed E-state index contributed by atoms with van der Waals surface area (Å²) in [6.45, 7) is 19.6. The summed E-state index contributed by atoms with van der Waals surface area (Å²) in [5.74, 6) is 1.34. The predicted molar refractivity (Wildman–Crippen MR) is 133 cm³/mol. The molecule has 4 aliphatic rings. The molecule has 4 rings (SSSR count). The lowest BCUT2D eigenvalue weighted by atomic mass is 9.38.